The van der Waals surface area contributed by atoms with Crippen LogP contribution in [-0.4, -0.2) is 45.3 Å². The van der Waals surface area contributed by atoms with Gasteiger partial charge in [-0.3, -0.25) is 0 Å². The van der Waals surface area contributed by atoms with E-state index in [-0.39, 0.29) is 0 Å². The highest BCUT2D eigenvalue weighted by molar-refractivity contribution is 5.78. The third-order valence-electron chi connectivity index (χ3n) is 4.08. The van der Waals surface area contributed by atoms with Crippen molar-refractivity contribution >= 4 is 5.96 Å². The molecule has 0 aliphatic carbocycles. The van der Waals surface area contributed by atoms with Crippen molar-refractivity contribution < 1.29 is 14.2 Å². The normalized spacial score (nSPS) is 16.0. The second-order valence-electron chi connectivity index (χ2n) is 5.61. The molecule has 0 unspecified atom stereocenters. The topological polar surface area (TPSA) is 69.3 Å². The lowest BCUT2D eigenvalue weighted by Crippen LogP contribution is -2.38. The summed E-state index contributed by atoms with van der Waals surface area (Å²) in [4.78, 5) is 6.71. The predicted molar refractivity (Wildman–Crippen MR) is 91.5 cm³/mol. The van der Waals surface area contributed by atoms with Gasteiger partial charge in [-0.2, -0.15) is 0 Å². The highest BCUT2D eigenvalue weighted by Gasteiger charge is 2.14. The molecule has 1 saturated heterocycles. The molecule has 0 radical (unpaired) electrons. The van der Waals surface area contributed by atoms with E-state index in [4.69, 9.17) is 19.9 Å². The van der Waals surface area contributed by atoms with Crippen molar-refractivity contribution in [1.29, 1.82) is 0 Å². The lowest BCUT2D eigenvalue weighted by atomic mass is 10.2. The van der Waals surface area contributed by atoms with E-state index in [0.717, 1.165) is 18.7 Å². The minimum absolute atomic E-state index is 0.485. The maximum Gasteiger partial charge on any atom is 0.203 e. The number of hydrogen-bond acceptors (Lipinski definition) is 4. The minimum atomic E-state index is 0.485. The summed E-state index contributed by atoms with van der Waals surface area (Å²) in [5, 5.41) is 0. The fraction of sp³-hybridized carbons (Fsp3) is 0.588. The van der Waals surface area contributed by atoms with Gasteiger partial charge in [-0.15, -0.1) is 0 Å². The second-order valence-corrected chi connectivity index (χ2v) is 5.61. The Hall–Kier alpha value is -2.11. The predicted octanol–water partition coefficient (Wildman–Crippen LogP) is 2.40. The second kappa shape index (κ2) is 8.50. The van der Waals surface area contributed by atoms with Gasteiger partial charge in [-0.25, -0.2) is 4.99 Å². The summed E-state index contributed by atoms with van der Waals surface area (Å²) in [6, 6.07) is 3.81. The van der Waals surface area contributed by atoms with Crippen LogP contribution >= 0.6 is 0 Å². The summed E-state index contributed by atoms with van der Waals surface area (Å²) in [5.74, 6) is 2.46. The third kappa shape index (κ3) is 4.43. The zero-order valence-electron chi connectivity index (χ0n) is 14.3. The van der Waals surface area contributed by atoms with Crippen LogP contribution in [0, 0.1) is 0 Å². The number of ether oxygens (including phenoxy) is 3. The summed E-state index contributed by atoms with van der Waals surface area (Å²) < 4.78 is 16.1. The summed E-state index contributed by atoms with van der Waals surface area (Å²) in [5.41, 5.74) is 7.12. The lowest BCUT2D eigenvalue weighted by Gasteiger charge is -2.21. The van der Waals surface area contributed by atoms with E-state index >= 15 is 0 Å². The van der Waals surface area contributed by atoms with E-state index in [1.165, 1.54) is 25.7 Å². The first-order chi connectivity index (χ1) is 11.2. The molecule has 2 rings (SSSR count). The average molecular weight is 321 g/mol. The largest absolute Gasteiger partial charge is 0.493 e. The molecule has 0 aromatic heterocycles. The number of aliphatic imine (C=N–C) groups is 1. The molecule has 0 spiro atoms. The number of guanidine groups is 1. The van der Waals surface area contributed by atoms with Gasteiger partial charge in [-0.05, 0) is 30.5 Å². The lowest BCUT2D eigenvalue weighted by molar-refractivity contribution is 0.324. The summed E-state index contributed by atoms with van der Waals surface area (Å²) in [6.07, 6.45) is 4.91. The van der Waals surface area contributed by atoms with Crippen LogP contribution in [0.3, 0.4) is 0 Å². The standard InChI is InChI=1S/C17H27N3O3/c1-21-14-10-13(11-15(22-2)16(14)23-3)12-19-17(18)20-8-6-4-5-7-9-20/h10-11H,4-9,12H2,1-3H3,(H2,18,19). The van der Waals surface area contributed by atoms with Gasteiger partial charge in [0.1, 0.15) is 0 Å². The fourth-order valence-electron chi connectivity index (χ4n) is 2.80. The maximum absolute atomic E-state index is 6.15. The zero-order valence-corrected chi connectivity index (χ0v) is 14.3. The molecule has 6 nitrogen and oxygen atoms in total. The first-order valence-electron chi connectivity index (χ1n) is 8.03. The summed E-state index contributed by atoms with van der Waals surface area (Å²) in [7, 11) is 4.81. The molecule has 1 aromatic carbocycles. The van der Waals surface area contributed by atoms with Crippen LogP contribution in [0.1, 0.15) is 31.2 Å². The molecule has 0 saturated carbocycles. The average Bonchev–Trinajstić information content (AvgIpc) is 2.87. The van der Waals surface area contributed by atoms with Gasteiger partial charge in [0.05, 0.1) is 27.9 Å². The van der Waals surface area contributed by atoms with Crippen LogP contribution in [0.15, 0.2) is 17.1 Å². The Bertz CT molecular complexity index is 513. The van der Waals surface area contributed by atoms with E-state index in [0.29, 0.717) is 29.8 Å². The molecule has 1 fully saturated rings. The SMILES string of the molecule is COc1cc(CN=C(N)N2CCCCCC2)cc(OC)c1OC. The van der Waals surface area contributed by atoms with Gasteiger partial charge in [-0.1, -0.05) is 12.8 Å². The van der Waals surface area contributed by atoms with Crippen molar-refractivity contribution in [3.05, 3.63) is 17.7 Å². The Kier molecular flexibility index (Phi) is 6.38. The number of nitrogens with two attached hydrogens (primary N) is 1. The van der Waals surface area contributed by atoms with Gasteiger partial charge in [0.15, 0.2) is 17.5 Å². The van der Waals surface area contributed by atoms with Gasteiger partial charge in [0, 0.05) is 13.1 Å². The first-order valence-corrected chi connectivity index (χ1v) is 8.03. The third-order valence-corrected chi connectivity index (χ3v) is 4.08. The first kappa shape index (κ1) is 17.2. The number of hydrogen-bond donors (Lipinski definition) is 1. The van der Waals surface area contributed by atoms with Crippen molar-refractivity contribution in [2.75, 3.05) is 34.4 Å². The van der Waals surface area contributed by atoms with E-state index in [1.54, 1.807) is 21.3 Å². The molecule has 1 aromatic rings. The quantitative estimate of drug-likeness (QED) is 0.666. The molecule has 2 N–H and O–H groups in total. The number of nitrogens with zero attached hydrogens (tertiary/aromatic N) is 2. The van der Waals surface area contributed by atoms with Gasteiger partial charge < -0.3 is 24.8 Å². The van der Waals surface area contributed by atoms with Gasteiger partial charge >= 0.3 is 0 Å². The van der Waals surface area contributed by atoms with Crippen molar-refractivity contribution in [3.63, 3.8) is 0 Å². The molecule has 0 atom stereocenters. The summed E-state index contributed by atoms with van der Waals surface area (Å²) >= 11 is 0. The highest BCUT2D eigenvalue weighted by atomic mass is 16.5. The number of benzene rings is 1. The number of rotatable bonds is 5. The summed E-state index contributed by atoms with van der Waals surface area (Å²) in [6.45, 7) is 2.47. The van der Waals surface area contributed by atoms with Gasteiger partial charge in [0.2, 0.25) is 5.75 Å². The van der Waals surface area contributed by atoms with Crippen LogP contribution in [0.4, 0.5) is 0 Å². The Morgan fingerprint density at radius 3 is 2.04 bits per heavy atom. The zero-order chi connectivity index (χ0) is 16.7. The number of likely N-dealkylation sites (tertiary alicyclic amines) is 1. The van der Waals surface area contributed by atoms with E-state index in [2.05, 4.69) is 9.89 Å². The molecule has 0 bridgehead atoms. The van der Waals surface area contributed by atoms with Crippen LogP contribution < -0.4 is 19.9 Å². The monoisotopic (exact) mass is 321 g/mol. The smallest absolute Gasteiger partial charge is 0.203 e. The molecular weight excluding hydrogens is 294 g/mol. The van der Waals surface area contributed by atoms with Crippen molar-refractivity contribution in [2.24, 2.45) is 10.7 Å². The van der Waals surface area contributed by atoms with Crippen molar-refractivity contribution in [2.45, 2.75) is 32.2 Å². The van der Waals surface area contributed by atoms with Crippen LogP contribution in [0.25, 0.3) is 0 Å². The Balaban J connectivity index is 2.14. The van der Waals surface area contributed by atoms with E-state index in [1.807, 2.05) is 12.1 Å². The van der Waals surface area contributed by atoms with Gasteiger partial charge in [0.25, 0.3) is 0 Å². The fourth-order valence-corrected chi connectivity index (χ4v) is 2.80. The Morgan fingerprint density at radius 2 is 1.57 bits per heavy atom. The molecule has 1 heterocycles. The van der Waals surface area contributed by atoms with Crippen LogP contribution in [0.2, 0.25) is 0 Å². The molecule has 23 heavy (non-hydrogen) atoms. The van der Waals surface area contributed by atoms with Crippen molar-refractivity contribution in [1.82, 2.24) is 4.90 Å². The minimum Gasteiger partial charge on any atom is -0.493 e. The Morgan fingerprint density at radius 1 is 1.00 bits per heavy atom. The molecule has 6 heteroatoms. The molecular formula is C17H27N3O3. The van der Waals surface area contributed by atoms with E-state index < -0.39 is 0 Å². The molecule has 1 aliphatic heterocycles. The highest BCUT2D eigenvalue weighted by Crippen LogP contribution is 2.38. The van der Waals surface area contributed by atoms with Crippen LogP contribution in [-0.2, 0) is 6.54 Å². The molecule has 128 valence electrons. The molecule has 1 aliphatic rings. The van der Waals surface area contributed by atoms with Crippen molar-refractivity contribution in [3.8, 4) is 17.2 Å². The van der Waals surface area contributed by atoms with Crippen LogP contribution in [0.5, 0.6) is 17.2 Å². The Labute approximate surface area is 138 Å². The number of methoxy groups -OCH3 is 3. The molecule has 0 amide bonds. The maximum atomic E-state index is 6.15. The van der Waals surface area contributed by atoms with E-state index in [9.17, 15) is 0 Å².